The Morgan fingerprint density at radius 2 is 2.23 bits per heavy atom. The third-order valence-electron chi connectivity index (χ3n) is 3.24. The van der Waals surface area contributed by atoms with Crippen molar-refractivity contribution < 1.29 is 0 Å². The second-order valence-corrected chi connectivity index (χ2v) is 5.84. The Kier molecular flexibility index (Phi) is 6.45. The fraction of sp³-hybridized carbons (Fsp3) is 0.375. The average molecular weight is 364 g/mol. The number of hydrogen-bond donors (Lipinski definition) is 1. The van der Waals surface area contributed by atoms with Gasteiger partial charge >= 0.3 is 0 Å². The summed E-state index contributed by atoms with van der Waals surface area (Å²) >= 11 is 3.59. The molecule has 0 atom stereocenters. The first-order valence-corrected chi connectivity index (χ1v) is 8.18. The molecule has 0 unspecified atom stereocenters. The summed E-state index contributed by atoms with van der Waals surface area (Å²) in [5, 5.41) is 3.34. The van der Waals surface area contributed by atoms with E-state index in [0.717, 1.165) is 36.6 Å². The van der Waals surface area contributed by atoms with Crippen molar-refractivity contribution in [1.29, 1.82) is 0 Å². The molecule has 6 heteroatoms. The minimum atomic E-state index is 0.721. The first-order valence-electron chi connectivity index (χ1n) is 7.39. The first kappa shape index (κ1) is 16.5. The van der Waals surface area contributed by atoms with Gasteiger partial charge in [-0.25, -0.2) is 4.98 Å². The third-order valence-corrected chi connectivity index (χ3v) is 4.01. The van der Waals surface area contributed by atoms with E-state index < -0.39 is 0 Å². The van der Waals surface area contributed by atoms with E-state index in [1.165, 1.54) is 5.56 Å². The fourth-order valence-corrected chi connectivity index (χ4v) is 2.53. The quantitative estimate of drug-likeness (QED) is 0.633. The van der Waals surface area contributed by atoms with Crippen LogP contribution in [0.15, 0.2) is 52.5 Å². The Morgan fingerprint density at radius 3 is 2.91 bits per heavy atom. The summed E-state index contributed by atoms with van der Waals surface area (Å²) in [5.74, 6) is 0.915. The van der Waals surface area contributed by atoms with Crippen LogP contribution >= 0.6 is 15.9 Å². The van der Waals surface area contributed by atoms with Crippen molar-refractivity contribution in [3.63, 3.8) is 0 Å². The van der Waals surface area contributed by atoms with Gasteiger partial charge in [-0.1, -0.05) is 34.1 Å². The number of halogens is 1. The standard InChI is InChI=1S/C16H22BrN5/c1-3-19-16(20-9-11-22-10-8-18-13-22)21(2)12-14-6-4-5-7-15(14)17/h4-8,10,13H,3,9,11-12H2,1-2H3,(H,19,20). The summed E-state index contributed by atoms with van der Waals surface area (Å²) in [7, 11) is 2.05. The highest BCUT2D eigenvalue weighted by atomic mass is 79.9. The number of aromatic nitrogens is 2. The largest absolute Gasteiger partial charge is 0.357 e. The van der Waals surface area contributed by atoms with Gasteiger partial charge in [-0.05, 0) is 18.6 Å². The molecule has 0 saturated heterocycles. The average Bonchev–Trinajstić information content (AvgIpc) is 3.02. The summed E-state index contributed by atoms with van der Waals surface area (Å²) in [4.78, 5) is 10.9. The van der Waals surface area contributed by atoms with Crippen molar-refractivity contribution >= 4 is 21.9 Å². The Labute approximate surface area is 140 Å². The molecule has 0 amide bonds. The summed E-state index contributed by atoms with van der Waals surface area (Å²) in [5.41, 5.74) is 1.24. The highest BCUT2D eigenvalue weighted by molar-refractivity contribution is 9.10. The lowest BCUT2D eigenvalue weighted by Crippen LogP contribution is -2.38. The number of aliphatic imine (C=N–C) groups is 1. The number of benzene rings is 1. The van der Waals surface area contributed by atoms with Gasteiger partial charge in [-0.3, -0.25) is 4.99 Å². The van der Waals surface area contributed by atoms with Gasteiger partial charge < -0.3 is 14.8 Å². The SMILES string of the molecule is CCNC(=NCCn1ccnc1)N(C)Cc1ccccc1Br. The van der Waals surface area contributed by atoms with E-state index in [2.05, 4.69) is 68.3 Å². The summed E-state index contributed by atoms with van der Waals surface area (Å²) in [6.45, 7) is 5.29. The predicted octanol–water partition coefficient (Wildman–Crippen LogP) is 2.74. The Balaban J connectivity index is 1.98. The van der Waals surface area contributed by atoms with E-state index in [4.69, 9.17) is 0 Å². The van der Waals surface area contributed by atoms with E-state index in [-0.39, 0.29) is 0 Å². The van der Waals surface area contributed by atoms with Crippen LogP contribution in [-0.2, 0) is 13.1 Å². The number of rotatable bonds is 6. The van der Waals surface area contributed by atoms with Gasteiger partial charge in [0.2, 0.25) is 0 Å². The van der Waals surface area contributed by atoms with E-state index in [9.17, 15) is 0 Å². The molecule has 0 radical (unpaired) electrons. The molecule has 0 aliphatic rings. The number of imidazole rings is 1. The molecule has 1 aromatic heterocycles. The van der Waals surface area contributed by atoms with Gasteiger partial charge in [0, 0.05) is 43.5 Å². The van der Waals surface area contributed by atoms with Gasteiger partial charge in [0.25, 0.3) is 0 Å². The van der Waals surface area contributed by atoms with Gasteiger partial charge in [-0.15, -0.1) is 0 Å². The number of hydrogen-bond acceptors (Lipinski definition) is 2. The van der Waals surface area contributed by atoms with Gasteiger partial charge in [0.05, 0.1) is 12.9 Å². The molecular weight excluding hydrogens is 342 g/mol. The second kappa shape index (κ2) is 8.58. The van der Waals surface area contributed by atoms with Gasteiger partial charge in [0.15, 0.2) is 5.96 Å². The molecule has 1 aromatic carbocycles. The molecule has 0 fully saturated rings. The molecule has 2 aromatic rings. The lowest BCUT2D eigenvalue weighted by Gasteiger charge is -2.22. The maximum absolute atomic E-state index is 4.68. The van der Waals surface area contributed by atoms with Crippen molar-refractivity contribution in [2.45, 2.75) is 20.0 Å². The summed E-state index contributed by atoms with van der Waals surface area (Å²) < 4.78 is 3.15. The molecule has 2 rings (SSSR count). The van der Waals surface area contributed by atoms with E-state index in [1.807, 2.05) is 23.2 Å². The van der Waals surface area contributed by atoms with Crippen LogP contribution in [0.3, 0.4) is 0 Å². The van der Waals surface area contributed by atoms with Crippen LogP contribution in [0.4, 0.5) is 0 Å². The molecule has 0 bridgehead atoms. The van der Waals surface area contributed by atoms with Crippen molar-refractivity contribution in [3.8, 4) is 0 Å². The predicted molar refractivity (Wildman–Crippen MR) is 93.8 cm³/mol. The van der Waals surface area contributed by atoms with Crippen LogP contribution in [0.2, 0.25) is 0 Å². The zero-order valence-electron chi connectivity index (χ0n) is 13.0. The molecule has 1 N–H and O–H groups in total. The molecule has 118 valence electrons. The van der Waals surface area contributed by atoms with Crippen molar-refractivity contribution in [2.75, 3.05) is 20.1 Å². The van der Waals surface area contributed by atoms with Crippen LogP contribution in [0.5, 0.6) is 0 Å². The molecule has 0 saturated carbocycles. The normalized spacial score (nSPS) is 11.5. The molecular formula is C16H22BrN5. The highest BCUT2D eigenvalue weighted by Gasteiger charge is 2.08. The van der Waals surface area contributed by atoms with Gasteiger partial charge in [0.1, 0.15) is 0 Å². The fourth-order valence-electron chi connectivity index (χ4n) is 2.12. The maximum atomic E-state index is 4.68. The summed E-state index contributed by atoms with van der Waals surface area (Å²) in [6.07, 6.45) is 5.55. The minimum absolute atomic E-state index is 0.721. The van der Waals surface area contributed by atoms with Crippen LogP contribution in [-0.4, -0.2) is 40.5 Å². The smallest absolute Gasteiger partial charge is 0.194 e. The van der Waals surface area contributed by atoms with E-state index in [0.29, 0.717) is 0 Å². The van der Waals surface area contributed by atoms with Crippen LogP contribution in [0.25, 0.3) is 0 Å². The van der Waals surface area contributed by atoms with Crippen molar-refractivity contribution in [2.24, 2.45) is 4.99 Å². The molecule has 1 heterocycles. The number of guanidine groups is 1. The second-order valence-electron chi connectivity index (χ2n) is 4.98. The molecule has 5 nitrogen and oxygen atoms in total. The molecule has 0 aliphatic carbocycles. The van der Waals surface area contributed by atoms with Crippen LogP contribution < -0.4 is 5.32 Å². The van der Waals surface area contributed by atoms with Crippen LogP contribution in [0, 0.1) is 0 Å². The Hall–Kier alpha value is -1.82. The lowest BCUT2D eigenvalue weighted by atomic mass is 10.2. The minimum Gasteiger partial charge on any atom is -0.357 e. The zero-order chi connectivity index (χ0) is 15.8. The first-order chi connectivity index (χ1) is 10.7. The van der Waals surface area contributed by atoms with Crippen molar-refractivity contribution in [3.05, 3.63) is 53.0 Å². The topological polar surface area (TPSA) is 45.5 Å². The summed E-state index contributed by atoms with van der Waals surface area (Å²) in [6, 6.07) is 8.26. The number of nitrogens with one attached hydrogen (secondary N) is 1. The Bertz CT molecular complexity index is 594. The molecule has 22 heavy (non-hydrogen) atoms. The van der Waals surface area contributed by atoms with E-state index in [1.54, 1.807) is 6.20 Å². The zero-order valence-corrected chi connectivity index (χ0v) is 14.6. The third kappa shape index (κ3) is 4.87. The monoisotopic (exact) mass is 363 g/mol. The van der Waals surface area contributed by atoms with Crippen LogP contribution in [0.1, 0.15) is 12.5 Å². The van der Waals surface area contributed by atoms with Crippen molar-refractivity contribution in [1.82, 2.24) is 19.8 Å². The lowest BCUT2D eigenvalue weighted by molar-refractivity contribution is 0.474. The highest BCUT2D eigenvalue weighted by Crippen LogP contribution is 2.17. The van der Waals surface area contributed by atoms with E-state index >= 15 is 0 Å². The van der Waals surface area contributed by atoms with Gasteiger partial charge in [-0.2, -0.15) is 0 Å². The molecule has 0 spiro atoms. The molecule has 0 aliphatic heterocycles. The Morgan fingerprint density at radius 1 is 1.41 bits per heavy atom. The number of nitrogens with zero attached hydrogens (tertiary/aromatic N) is 4. The maximum Gasteiger partial charge on any atom is 0.194 e.